The molecule has 262 valence electrons. The fraction of sp³-hybridized carbons (Fsp3) is 0.476. The van der Waals surface area contributed by atoms with Crippen molar-refractivity contribution in [2.45, 2.75) is 118 Å². The molecule has 4 heterocycles. The highest BCUT2D eigenvalue weighted by Gasteiger charge is 2.19. The minimum atomic E-state index is 0. The van der Waals surface area contributed by atoms with Crippen molar-refractivity contribution in [1.82, 2.24) is 29.7 Å². The molecule has 2 N–H and O–H groups in total. The molecule has 0 atom stereocenters. The summed E-state index contributed by atoms with van der Waals surface area (Å²) in [4.78, 5) is 10.4. The van der Waals surface area contributed by atoms with Crippen LogP contribution in [0.3, 0.4) is 0 Å². The number of hydrogen-bond donors (Lipinski definition) is 2. The zero-order valence-corrected chi connectivity index (χ0v) is 31.4. The minimum absolute atomic E-state index is 0. The molecule has 0 aliphatic heterocycles. The van der Waals surface area contributed by atoms with Gasteiger partial charge in [-0.2, -0.15) is 0 Å². The molecular formula is C42H57ClN6. The topological polar surface area (TPSA) is 59.7 Å². The summed E-state index contributed by atoms with van der Waals surface area (Å²) in [6.45, 7) is 19.3. The Labute approximate surface area is 299 Å². The second kappa shape index (κ2) is 17.0. The standard InChI is InChI=1S/C42H56N6.ClH/c1-7-9-23-47-37-19-13-11-17-33(37)35-25-31(45-39(29(3)4)41(35)47)27-43-21-15-16-22-44-28-32-26-36-34-18-12-14-20-38(34)48(24-10-8-2)42(36)40(46-32)30(5)6;/h11-14,17-20,25-26,29-30,43-44H,7-10,15-16,21-24,27-28H2,1-6H3;1H. The number of para-hydroxylation sites is 2. The van der Waals surface area contributed by atoms with E-state index in [1.54, 1.807) is 0 Å². The van der Waals surface area contributed by atoms with Crippen molar-refractivity contribution in [2.75, 3.05) is 13.1 Å². The van der Waals surface area contributed by atoms with Crippen molar-refractivity contribution in [3.05, 3.63) is 83.4 Å². The summed E-state index contributed by atoms with van der Waals surface area (Å²) in [6.07, 6.45) is 6.98. The lowest BCUT2D eigenvalue weighted by atomic mass is 10.0. The van der Waals surface area contributed by atoms with Crippen LogP contribution in [0.4, 0.5) is 0 Å². The van der Waals surface area contributed by atoms with E-state index < -0.39 is 0 Å². The molecule has 2 aromatic carbocycles. The van der Waals surface area contributed by atoms with E-state index in [2.05, 4.69) is 122 Å². The van der Waals surface area contributed by atoms with Gasteiger partial charge < -0.3 is 19.8 Å². The number of rotatable bonds is 17. The molecule has 7 heteroatoms. The maximum atomic E-state index is 5.22. The van der Waals surface area contributed by atoms with Crippen molar-refractivity contribution in [1.29, 1.82) is 0 Å². The van der Waals surface area contributed by atoms with Crippen molar-refractivity contribution < 1.29 is 0 Å². The van der Waals surface area contributed by atoms with Gasteiger partial charge in [-0.25, -0.2) is 0 Å². The second-order valence-corrected chi connectivity index (χ2v) is 14.2. The van der Waals surface area contributed by atoms with Crippen LogP contribution in [0.1, 0.15) is 115 Å². The Balaban J connectivity index is 0.00000468. The Bertz CT molecular complexity index is 1840. The lowest BCUT2D eigenvalue weighted by Gasteiger charge is -2.15. The number of fused-ring (bicyclic) bond motifs is 6. The van der Waals surface area contributed by atoms with E-state index in [4.69, 9.17) is 9.97 Å². The summed E-state index contributed by atoms with van der Waals surface area (Å²) in [5.41, 5.74) is 10.0. The number of nitrogens with one attached hydrogen (secondary N) is 2. The van der Waals surface area contributed by atoms with Gasteiger partial charge in [0.25, 0.3) is 0 Å². The molecule has 0 aliphatic carbocycles. The zero-order chi connectivity index (χ0) is 33.6. The van der Waals surface area contributed by atoms with Crippen molar-refractivity contribution in [3.63, 3.8) is 0 Å². The molecule has 6 aromatic rings. The molecule has 0 spiro atoms. The molecule has 0 amide bonds. The van der Waals surface area contributed by atoms with E-state index in [-0.39, 0.29) is 12.4 Å². The van der Waals surface area contributed by atoms with E-state index in [9.17, 15) is 0 Å². The van der Waals surface area contributed by atoms with Crippen LogP contribution in [0, 0.1) is 0 Å². The molecule has 6 nitrogen and oxygen atoms in total. The molecule has 0 fully saturated rings. The summed E-state index contributed by atoms with van der Waals surface area (Å²) in [6, 6.07) is 22.4. The first-order valence-corrected chi connectivity index (χ1v) is 18.7. The average Bonchev–Trinajstić information content (AvgIpc) is 3.58. The monoisotopic (exact) mass is 680 g/mol. The van der Waals surface area contributed by atoms with Gasteiger partial charge >= 0.3 is 0 Å². The van der Waals surface area contributed by atoms with Gasteiger partial charge in [0.05, 0.1) is 33.8 Å². The van der Waals surface area contributed by atoms with Gasteiger partial charge in [-0.05, 0) is 74.9 Å². The Kier molecular flexibility index (Phi) is 12.8. The highest BCUT2D eigenvalue weighted by Crippen LogP contribution is 2.35. The highest BCUT2D eigenvalue weighted by atomic mass is 35.5. The quantitative estimate of drug-likeness (QED) is 0.0941. The van der Waals surface area contributed by atoms with Crippen molar-refractivity contribution in [2.24, 2.45) is 0 Å². The van der Waals surface area contributed by atoms with Crippen LogP contribution < -0.4 is 10.6 Å². The summed E-state index contributed by atoms with van der Waals surface area (Å²) >= 11 is 0. The van der Waals surface area contributed by atoms with Crippen LogP contribution >= 0.6 is 12.4 Å². The van der Waals surface area contributed by atoms with E-state index in [1.807, 2.05) is 0 Å². The number of aryl methyl sites for hydroxylation is 2. The van der Waals surface area contributed by atoms with Gasteiger partial charge in [-0.3, -0.25) is 9.97 Å². The summed E-state index contributed by atoms with van der Waals surface area (Å²) in [5, 5.41) is 12.8. The number of pyridine rings is 2. The van der Waals surface area contributed by atoms with Crippen LogP contribution in [0.2, 0.25) is 0 Å². The van der Waals surface area contributed by atoms with E-state index in [1.165, 1.54) is 80.7 Å². The Hall–Kier alpha value is -3.45. The predicted molar refractivity (Wildman–Crippen MR) is 212 cm³/mol. The van der Waals surface area contributed by atoms with E-state index in [0.717, 1.165) is 63.5 Å². The maximum Gasteiger partial charge on any atom is 0.0713 e. The van der Waals surface area contributed by atoms with Crippen LogP contribution in [-0.2, 0) is 26.2 Å². The third-order valence-electron chi connectivity index (χ3n) is 9.79. The molecule has 0 saturated heterocycles. The Morgan fingerprint density at radius 3 is 1.37 bits per heavy atom. The normalized spacial score (nSPS) is 12.0. The predicted octanol–water partition coefficient (Wildman–Crippen LogP) is 10.6. The number of hydrogen-bond acceptors (Lipinski definition) is 4. The molecular weight excluding hydrogens is 624 g/mol. The molecule has 0 radical (unpaired) electrons. The van der Waals surface area contributed by atoms with Gasteiger partial charge in [0.15, 0.2) is 0 Å². The van der Waals surface area contributed by atoms with Gasteiger partial charge in [-0.15, -0.1) is 12.4 Å². The third-order valence-corrected chi connectivity index (χ3v) is 9.79. The van der Waals surface area contributed by atoms with E-state index in [0.29, 0.717) is 11.8 Å². The summed E-state index contributed by atoms with van der Waals surface area (Å²) in [7, 11) is 0. The van der Waals surface area contributed by atoms with Gasteiger partial charge in [0, 0.05) is 58.8 Å². The fourth-order valence-corrected chi connectivity index (χ4v) is 7.33. The summed E-state index contributed by atoms with van der Waals surface area (Å²) in [5.74, 6) is 0.740. The number of aromatic nitrogens is 4. The largest absolute Gasteiger partial charge is 0.339 e. The Morgan fingerprint density at radius 2 is 0.980 bits per heavy atom. The van der Waals surface area contributed by atoms with Gasteiger partial charge in [0.2, 0.25) is 0 Å². The van der Waals surface area contributed by atoms with Crippen LogP contribution in [-0.4, -0.2) is 32.2 Å². The average molecular weight is 681 g/mol. The number of unbranched alkanes of at least 4 members (excludes halogenated alkanes) is 3. The SMILES string of the molecule is CCCCn1c2ccccc2c2cc(CNCCCCNCc3cc4c5ccccc5n(CCCC)c4c(C(C)C)n3)nc(C(C)C)c21.Cl. The second-order valence-electron chi connectivity index (χ2n) is 14.2. The zero-order valence-electron chi connectivity index (χ0n) is 30.6. The lowest BCUT2D eigenvalue weighted by molar-refractivity contribution is 0.574. The molecule has 0 aliphatic rings. The van der Waals surface area contributed by atoms with Crippen molar-refractivity contribution >= 4 is 56.0 Å². The summed E-state index contributed by atoms with van der Waals surface area (Å²) < 4.78 is 5.04. The van der Waals surface area contributed by atoms with Gasteiger partial charge in [0.1, 0.15) is 0 Å². The van der Waals surface area contributed by atoms with E-state index >= 15 is 0 Å². The number of nitrogens with zero attached hydrogens (tertiary/aromatic N) is 4. The van der Waals surface area contributed by atoms with Crippen LogP contribution in [0.15, 0.2) is 60.7 Å². The smallest absolute Gasteiger partial charge is 0.0713 e. The van der Waals surface area contributed by atoms with Crippen molar-refractivity contribution in [3.8, 4) is 0 Å². The first-order chi connectivity index (χ1) is 23.4. The fourth-order valence-electron chi connectivity index (χ4n) is 7.33. The molecule has 0 saturated carbocycles. The lowest BCUT2D eigenvalue weighted by Crippen LogP contribution is -2.20. The first-order valence-electron chi connectivity index (χ1n) is 18.7. The molecule has 0 unspecified atom stereocenters. The Morgan fingerprint density at radius 1 is 0.571 bits per heavy atom. The number of halogens is 1. The van der Waals surface area contributed by atoms with Gasteiger partial charge in [-0.1, -0.05) is 90.8 Å². The highest BCUT2D eigenvalue weighted by molar-refractivity contribution is 6.10. The molecule has 6 rings (SSSR count). The first kappa shape index (κ1) is 36.8. The number of benzene rings is 2. The third kappa shape index (κ3) is 7.82. The van der Waals surface area contributed by atoms with Crippen LogP contribution in [0.5, 0.6) is 0 Å². The minimum Gasteiger partial charge on any atom is -0.339 e. The molecule has 4 aromatic heterocycles. The molecule has 49 heavy (non-hydrogen) atoms. The maximum absolute atomic E-state index is 5.22. The molecule has 0 bridgehead atoms. The van der Waals surface area contributed by atoms with Crippen LogP contribution in [0.25, 0.3) is 43.6 Å².